The molecule has 0 aromatic carbocycles. The highest BCUT2D eigenvalue weighted by molar-refractivity contribution is 5.24. The standard InChI is InChI=1S/C12H14N4O/c1-2-13-12-14-7-6-10(15-12)9-16-8-4-3-5-11(16)17/h3-8H,2,9H2,1H3,(H,13,14,15). The van der Waals surface area contributed by atoms with Gasteiger partial charge in [0, 0.05) is 25.0 Å². The summed E-state index contributed by atoms with van der Waals surface area (Å²) in [7, 11) is 0. The van der Waals surface area contributed by atoms with Crippen LogP contribution in [0.15, 0.2) is 41.5 Å². The first-order chi connectivity index (χ1) is 8.29. The highest BCUT2D eigenvalue weighted by Crippen LogP contribution is 2.01. The molecule has 0 aliphatic heterocycles. The van der Waals surface area contributed by atoms with Gasteiger partial charge in [0.25, 0.3) is 5.56 Å². The first kappa shape index (κ1) is 11.3. The Morgan fingerprint density at radius 1 is 1.35 bits per heavy atom. The summed E-state index contributed by atoms with van der Waals surface area (Å²) in [5.41, 5.74) is 0.778. The van der Waals surface area contributed by atoms with Crippen LogP contribution in [-0.2, 0) is 6.54 Å². The van der Waals surface area contributed by atoms with E-state index in [9.17, 15) is 4.79 Å². The monoisotopic (exact) mass is 230 g/mol. The lowest BCUT2D eigenvalue weighted by Gasteiger charge is -2.06. The normalized spacial score (nSPS) is 10.2. The maximum Gasteiger partial charge on any atom is 0.250 e. The van der Waals surface area contributed by atoms with Gasteiger partial charge in [0.1, 0.15) is 0 Å². The van der Waals surface area contributed by atoms with Gasteiger partial charge < -0.3 is 9.88 Å². The molecule has 0 fully saturated rings. The third kappa shape index (κ3) is 2.90. The van der Waals surface area contributed by atoms with Gasteiger partial charge in [-0.2, -0.15) is 0 Å². The number of rotatable bonds is 4. The molecule has 0 aliphatic rings. The fourth-order valence-electron chi connectivity index (χ4n) is 1.49. The van der Waals surface area contributed by atoms with Crippen molar-refractivity contribution in [3.63, 3.8) is 0 Å². The largest absolute Gasteiger partial charge is 0.354 e. The van der Waals surface area contributed by atoms with E-state index in [1.165, 1.54) is 6.07 Å². The second-order valence-corrected chi connectivity index (χ2v) is 3.57. The predicted octanol–water partition coefficient (Wildman–Crippen LogP) is 1.12. The molecule has 0 unspecified atom stereocenters. The lowest BCUT2D eigenvalue weighted by molar-refractivity contribution is 0.737. The Kier molecular flexibility index (Phi) is 3.49. The zero-order valence-corrected chi connectivity index (χ0v) is 9.63. The average molecular weight is 230 g/mol. The van der Waals surface area contributed by atoms with E-state index in [2.05, 4.69) is 15.3 Å². The Morgan fingerprint density at radius 2 is 2.24 bits per heavy atom. The molecule has 2 rings (SSSR count). The van der Waals surface area contributed by atoms with Crippen LogP contribution in [-0.4, -0.2) is 21.1 Å². The molecule has 17 heavy (non-hydrogen) atoms. The van der Waals surface area contributed by atoms with Gasteiger partial charge in [0.2, 0.25) is 5.95 Å². The highest BCUT2D eigenvalue weighted by Gasteiger charge is 2.00. The third-order valence-electron chi connectivity index (χ3n) is 2.28. The zero-order valence-electron chi connectivity index (χ0n) is 9.63. The van der Waals surface area contributed by atoms with Gasteiger partial charge in [-0.3, -0.25) is 4.79 Å². The second-order valence-electron chi connectivity index (χ2n) is 3.57. The van der Waals surface area contributed by atoms with Crippen LogP contribution in [0.2, 0.25) is 0 Å². The smallest absolute Gasteiger partial charge is 0.250 e. The van der Waals surface area contributed by atoms with E-state index >= 15 is 0 Å². The minimum Gasteiger partial charge on any atom is -0.354 e. The lowest BCUT2D eigenvalue weighted by atomic mass is 10.4. The average Bonchev–Trinajstić information content (AvgIpc) is 2.33. The molecular formula is C12H14N4O. The Bertz CT molecular complexity index is 550. The van der Waals surface area contributed by atoms with E-state index < -0.39 is 0 Å². The number of hydrogen-bond donors (Lipinski definition) is 1. The molecule has 2 aromatic heterocycles. The first-order valence-corrected chi connectivity index (χ1v) is 5.51. The van der Waals surface area contributed by atoms with Crippen LogP contribution < -0.4 is 10.9 Å². The summed E-state index contributed by atoms with van der Waals surface area (Å²) in [6.07, 6.45) is 3.44. The molecule has 2 aromatic rings. The number of hydrogen-bond acceptors (Lipinski definition) is 4. The number of nitrogens with one attached hydrogen (secondary N) is 1. The quantitative estimate of drug-likeness (QED) is 0.855. The molecule has 5 heteroatoms. The highest BCUT2D eigenvalue weighted by atomic mass is 16.1. The van der Waals surface area contributed by atoms with Gasteiger partial charge in [0.05, 0.1) is 12.2 Å². The lowest BCUT2D eigenvalue weighted by Crippen LogP contribution is -2.19. The van der Waals surface area contributed by atoms with Gasteiger partial charge in [-0.15, -0.1) is 0 Å². The van der Waals surface area contributed by atoms with Crippen LogP contribution in [0.3, 0.4) is 0 Å². The molecule has 5 nitrogen and oxygen atoms in total. The van der Waals surface area contributed by atoms with Crippen LogP contribution in [0.25, 0.3) is 0 Å². The third-order valence-corrected chi connectivity index (χ3v) is 2.28. The summed E-state index contributed by atoms with van der Waals surface area (Å²) < 4.78 is 1.61. The topological polar surface area (TPSA) is 59.8 Å². The van der Waals surface area contributed by atoms with E-state index in [0.717, 1.165) is 12.2 Å². The van der Waals surface area contributed by atoms with E-state index in [0.29, 0.717) is 12.5 Å². The van der Waals surface area contributed by atoms with E-state index in [-0.39, 0.29) is 5.56 Å². The Hall–Kier alpha value is -2.17. The molecule has 0 atom stereocenters. The molecule has 0 bridgehead atoms. The molecular weight excluding hydrogens is 216 g/mol. The van der Waals surface area contributed by atoms with Gasteiger partial charge in [0.15, 0.2) is 0 Å². The van der Waals surface area contributed by atoms with Crippen LogP contribution in [0, 0.1) is 0 Å². The van der Waals surface area contributed by atoms with Crippen LogP contribution in [0.1, 0.15) is 12.6 Å². The predicted molar refractivity (Wildman–Crippen MR) is 66.0 cm³/mol. The Morgan fingerprint density at radius 3 is 3.00 bits per heavy atom. The maximum atomic E-state index is 11.5. The molecule has 0 aliphatic carbocycles. The van der Waals surface area contributed by atoms with E-state index in [4.69, 9.17) is 0 Å². The van der Waals surface area contributed by atoms with Gasteiger partial charge >= 0.3 is 0 Å². The molecule has 88 valence electrons. The van der Waals surface area contributed by atoms with Crippen molar-refractivity contribution in [1.29, 1.82) is 0 Å². The summed E-state index contributed by atoms with van der Waals surface area (Å²) in [6, 6.07) is 6.89. The van der Waals surface area contributed by atoms with Gasteiger partial charge in [-0.05, 0) is 19.1 Å². The summed E-state index contributed by atoms with van der Waals surface area (Å²) >= 11 is 0. The van der Waals surface area contributed by atoms with Crippen molar-refractivity contribution in [2.24, 2.45) is 0 Å². The number of pyridine rings is 1. The fourth-order valence-corrected chi connectivity index (χ4v) is 1.49. The van der Waals surface area contributed by atoms with Crippen molar-refractivity contribution in [3.8, 4) is 0 Å². The Balaban J connectivity index is 2.21. The summed E-state index contributed by atoms with van der Waals surface area (Å²) in [5, 5.41) is 3.04. The number of anilines is 1. The van der Waals surface area contributed by atoms with Crippen molar-refractivity contribution < 1.29 is 0 Å². The number of aromatic nitrogens is 3. The fraction of sp³-hybridized carbons (Fsp3) is 0.250. The van der Waals surface area contributed by atoms with E-state index in [1.807, 2.05) is 13.0 Å². The molecule has 2 heterocycles. The molecule has 1 N–H and O–H groups in total. The van der Waals surface area contributed by atoms with Crippen molar-refractivity contribution in [2.45, 2.75) is 13.5 Å². The first-order valence-electron chi connectivity index (χ1n) is 5.51. The summed E-state index contributed by atoms with van der Waals surface area (Å²) in [5.74, 6) is 0.592. The molecule has 0 saturated heterocycles. The van der Waals surface area contributed by atoms with Gasteiger partial charge in [-0.1, -0.05) is 6.07 Å². The number of nitrogens with zero attached hydrogens (tertiary/aromatic N) is 3. The molecule has 0 amide bonds. The molecule has 0 radical (unpaired) electrons. The second kappa shape index (κ2) is 5.25. The van der Waals surface area contributed by atoms with Crippen molar-refractivity contribution >= 4 is 5.95 Å². The SMILES string of the molecule is CCNc1nccc(Cn2ccccc2=O)n1. The summed E-state index contributed by atoms with van der Waals surface area (Å²) in [4.78, 5) is 19.9. The van der Waals surface area contributed by atoms with E-state index in [1.54, 1.807) is 29.1 Å². The zero-order chi connectivity index (χ0) is 12.1. The minimum absolute atomic E-state index is 0.0314. The Labute approximate surface area is 99.2 Å². The van der Waals surface area contributed by atoms with Crippen molar-refractivity contribution in [3.05, 3.63) is 52.7 Å². The minimum atomic E-state index is -0.0314. The van der Waals surface area contributed by atoms with Crippen molar-refractivity contribution in [1.82, 2.24) is 14.5 Å². The maximum absolute atomic E-state index is 11.5. The van der Waals surface area contributed by atoms with Crippen molar-refractivity contribution in [2.75, 3.05) is 11.9 Å². The van der Waals surface area contributed by atoms with Crippen LogP contribution in [0.4, 0.5) is 5.95 Å². The molecule has 0 spiro atoms. The summed E-state index contributed by atoms with van der Waals surface area (Å²) in [6.45, 7) is 3.22. The van der Waals surface area contributed by atoms with Crippen LogP contribution in [0.5, 0.6) is 0 Å². The molecule has 0 saturated carbocycles. The van der Waals surface area contributed by atoms with Crippen LogP contribution >= 0.6 is 0 Å². The van der Waals surface area contributed by atoms with Gasteiger partial charge in [-0.25, -0.2) is 9.97 Å².